The van der Waals surface area contributed by atoms with Crippen molar-refractivity contribution in [1.82, 2.24) is 24.7 Å². The molecular formula is C34H50Cl3N5O11S. The maximum atomic E-state index is 14.1. The van der Waals surface area contributed by atoms with Gasteiger partial charge in [-0.25, -0.2) is 19.2 Å². The van der Waals surface area contributed by atoms with Crippen molar-refractivity contribution in [1.29, 1.82) is 0 Å². The molecule has 20 heteroatoms. The number of halogens is 3. The number of benzene rings is 1. The molecule has 0 fully saturated rings. The summed E-state index contributed by atoms with van der Waals surface area (Å²) in [4.78, 5) is 93.3. The average Bonchev–Trinajstić information content (AvgIpc) is 3.06. The molecule has 5 amide bonds. The molecule has 4 atom stereocenters. The Morgan fingerprint density at radius 2 is 1.39 bits per heavy atom. The number of ether oxygens (including phenoxy) is 4. The molecule has 0 radical (unpaired) electrons. The third-order valence-corrected chi connectivity index (χ3v) is 8.71. The molecule has 2 N–H and O–H groups in total. The Morgan fingerprint density at radius 1 is 0.796 bits per heavy atom. The molecule has 54 heavy (non-hydrogen) atoms. The lowest BCUT2D eigenvalue weighted by Gasteiger charge is -2.36. The zero-order valence-electron chi connectivity index (χ0n) is 32.0. The zero-order valence-corrected chi connectivity index (χ0v) is 35.1. The molecule has 0 aliphatic rings. The van der Waals surface area contributed by atoms with E-state index in [-0.39, 0.29) is 18.3 Å². The van der Waals surface area contributed by atoms with Crippen molar-refractivity contribution in [2.45, 2.75) is 88.6 Å². The highest BCUT2D eigenvalue weighted by Crippen LogP contribution is 2.26. The fourth-order valence-corrected chi connectivity index (χ4v) is 5.53. The van der Waals surface area contributed by atoms with Crippen LogP contribution in [-0.2, 0) is 49.5 Å². The second-order valence-corrected chi connectivity index (χ2v) is 17.1. The van der Waals surface area contributed by atoms with Gasteiger partial charge in [0, 0.05) is 33.8 Å². The van der Waals surface area contributed by atoms with Crippen LogP contribution in [0.3, 0.4) is 0 Å². The summed E-state index contributed by atoms with van der Waals surface area (Å²) in [5.74, 6) is -4.48. The van der Waals surface area contributed by atoms with Crippen molar-refractivity contribution in [3.8, 4) is 0 Å². The van der Waals surface area contributed by atoms with Crippen LogP contribution in [0.4, 0.5) is 9.59 Å². The number of carbonyl (C=O) groups is 7. The molecule has 1 aromatic carbocycles. The number of hydrogen-bond acceptors (Lipinski definition) is 12. The third-order valence-electron chi connectivity index (χ3n) is 7.27. The molecule has 0 spiro atoms. The first-order valence-electron chi connectivity index (χ1n) is 16.6. The van der Waals surface area contributed by atoms with Crippen LogP contribution in [0, 0.1) is 5.92 Å². The van der Waals surface area contributed by atoms with Crippen molar-refractivity contribution in [2.24, 2.45) is 5.92 Å². The van der Waals surface area contributed by atoms with E-state index in [0.717, 1.165) is 21.7 Å². The van der Waals surface area contributed by atoms with Crippen LogP contribution in [0.25, 0.3) is 0 Å². The van der Waals surface area contributed by atoms with Gasteiger partial charge in [0.15, 0.2) is 6.04 Å². The number of likely N-dealkylation sites (N-methyl/N-ethyl adjacent to an activating group) is 2. The maximum absolute atomic E-state index is 14.1. The van der Waals surface area contributed by atoms with Crippen molar-refractivity contribution in [3.05, 3.63) is 35.9 Å². The van der Waals surface area contributed by atoms with E-state index in [4.69, 9.17) is 53.8 Å². The smallest absolute Gasteiger partial charge is 0.408 e. The van der Waals surface area contributed by atoms with E-state index in [9.17, 15) is 33.6 Å². The largest absolute Gasteiger partial charge is 0.461 e. The van der Waals surface area contributed by atoms with E-state index in [0.29, 0.717) is 5.56 Å². The van der Waals surface area contributed by atoms with Gasteiger partial charge in [0.05, 0.1) is 0 Å². The number of nitrogens with one attached hydrogen (secondary N) is 2. The average molecular weight is 843 g/mol. The summed E-state index contributed by atoms with van der Waals surface area (Å²) < 4.78 is 20.2. The molecule has 1 aromatic rings. The van der Waals surface area contributed by atoms with Crippen LogP contribution in [-0.4, -0.2) is 130 Å². The first kappa shape index (κ1) is 48.3. The third kappa shape index (κ3) is 17.6. The Hall–Kier alpha value is -3.67. The lowest BCUT2D eigenvalue weighted by Crippen LogP contribution is -2.58. The fraction of sp³-hybridized carbons (Fsp3) is 0.618. The Bertz CT molecular complexity index is 1460. The summed E-state index contributed by atoms with van der Waals surface area (Å²) in [6, 6.07) is 3.41. The van der Waals surface area contributed by atoms with Crippen molar-refractivity contribution in [2.75, 3.05) is 40.1 Å². The molecule has 0 aromatic heterocycles. The maximum Gasteiger partial charge on any atom is 0.408 e. The van der Waals surface area contributed by atoms with E-state index in [1.54, 1.807) is 65.0 Å². The van der Waals surface area contributed by atoms with Crippen LogP contribution in [0.15, 0.2) is 30.3 Å². The molecule has 0 unspecified atom stereocenters. The monoisotopic (exact) mass is 841 g/mol. The fourth-order valence-electron chi connectivity index (χ4n) is 4.46. The molecule has 0 bridgehead atoms. The van der Waals surface area contributed by atoms with E-state index >= 15 is 0 Å². The second kappa shape index (κ2) is 22.0. The number of hydrogen-bond donors (Lipinski definition) is 2. The Kier molecular flexibility index (Phi) is 19.7. The van der Waals surface area contributed by atoms with Gasteiger partial charge in [0.1, 0.15) is 43.5 Å². The van der Waals surface area contributed by atoms with Crippen LogP contribution >= 0.6 is 46.8 Å². The van der Waals surface area contributed by atoms with Gasteiger partial charge in [-0.1, -0.05) is 79.0 Å². The molecule has 0 heterocycles. The minimum atomic E-state index is -1.98. The van der Waals surface area contributed by atoms with Gasteiger partial charge in [0.2, 0.25) is 21.5 Å². The van der Waals surface area contributed by atoms with Gasteiger partial charge in [0.25, 0.3) is 0 Å². The highest BCUT2D eigenvalue weighted by molar-refractivity contribution is 7.97. The number of esters is 2. The number of nitrogens with zero attached hydrogens (tertiary/aromatic N) is 3. The Balaban J connectivity index is 3.26. The zero-order chi connectivity index (χ0) is 41.6. The lowest BCUT2D eigenvalue weighted by atomic mass is 10.0. The molecule has 0 saturated carbocycles. The quantitative estimate of drug-likeness (QED) is 0.0991. The molecule has 0 saturated heterocycles. The normalized spacial score (nSPS) is 13.7. The molecule has 1 rings (SSSR count). The van der Waals surface area contributed by atoms with Crippen LogP contribution in [0.5, 0.6) is 0 Å². The first-order valence-corrected chi connectivity index (χ1v) is 18.7. The highest BCUT2D eigenvalue weighted by atomic mass is 35.6. The van der Waals surface area contributed by atoms with Gasteiger partial charge in [-0.2, -0.15) is 0 Å². The SMILES string of the molecule is CC(=O)N(C)SC[C@@H](C(=O)N(C)[C@H](C(=O)OC[C@@H](NC(=O)OCc1ccccc1)C(=O)OCC(Cl)(Cl)Cl)C(C)C)N(C)C(=O)[C@H](C)NC(=O)OC(C)(C)C. The highest BCUT2D eigenvalue weighted by Gasteiger charge is 2.39. The summed E-state index contributed by atoms with van der Waals surface area (Å²) in [5.41, 5.74) is -0.173. The minimum absolute atomic E-state index is 0.118. The number of carbonyl (C=O) groups excluding carboxylic acids is 7. The Labute approximate surface area is 335 Å². The van der Waals surface area contributed by atoms with Gasteiger partial charge in [-0.3, -0.25) is 18.7 Å². The van der Waals surface area contributed by atoms with Gasteiger partial charge in [-0.15, -0.1) is 0 Å². The predicted molar refractivity (Wildman–Crippen MR) is 203 cm³/mol. The molecule has 16 nitrogen and oxygen atoms in total. The summed E-state index contributed by atoms with van der Waals surface area (Å²) >= 11 is 18.1. The van der Waals surface area contributed by atoms with Gasteiger partial charge in [-0.05, 0) is 51.1 Å². The molecule has 0 aliphatic heterocycles. The van der Waals surface area contributed by atoms with Gasteiger partial charge < -0.3 is 39.4 Å². The van der Waals surface area contributed by atoms with Crippen LogP contribution < -0.4 is 10.6 Å². The van der Waals surface area contributed by atoms with E-state index < -0.39 is 88.6 Å². The Morgan fingerprint density at radius 3 is 1.91 bits per heavy atom. The predicted octanol–water partition coefficient (Wildman–Crippen LogP) is 4.09. The van der Waals surface area contributed by atoms with E-state index in [1.165, 1.54) is 39.3 Å². The van der Waals surface area contributed by atoms with Crippen molar-refractivity contribution < 1.29 is 52.5 Å². The number of amides is 5. The van der Waals surface area contributed by atoms with Crippen LogP contribution in [0.1, 0.15) is 54.0 Å². The molecular weight excluding hydrogens is 793 g/mol. The number of alkyl carbamates (subject to hydrolysis) is 2. The van der Waals surface area contributed by atoms with Crippen molar-refractivity contribution in [3.63, 3.8) is 0 Å². The van der Waals surface area contributed by atoms with Gasteiger partial charge >= 0.3 is 24.1 Å². The summed E-state index contributed by atoms with van der Waals surface area (Å²) in [7, 11) is 4.16. The number of alkyl halides is 3. The topological polar surface area (TPSA) is 190 Å². The second-order valence-electron chi connectivity index (χ2n) is 13.4. The summed E-state index contributed by atoms with van der Waals surface area (Å²) in [6.07, 6.45) is -1.89. The molecule has 304 valence electrons. The standard InChI is InChI=1S/C34H50Cl3N5O11S/c1-20(2)26(30(47)50-17-24(29(46)52-19-34(35,36)37)39-31(48)51-16-23-14-12-11-13-15-23)41(9)28(45)25(18-54-42(10)22(4)43)40(8)27(44)21(3)38-32(49)53-33(5,6)7/h11-15,20-21,24-26H,16-19H2,1-10H3,(H,38,49)(H,39,48)/t21-,24+,25-,26-/m0/s1. The van der Waals surface area contributed by atoms with Crippen molar-refractivity contribution >= 4 is 88.6 Å². The summed E-state index contributed by atoms with van der Waals surface area (Å²) in [6.45, 7) is 9.38. The molecule has 0 aliphatic carbocycles. The first-order chi connectivity index (χ1) is 24.8. The van der Waals surface area contributed by atoms with E-state index in [2.05, 4.69) is 10.6 Å². The van der Waals surface area contributed by atoms with Crippen LogP contribution in [0.2, 0.25) is 0 Å². The minimum Gasteiger partial charge on any atom is -0.461 e. The van der Waals surface area contributed by atoms with E-state index in [1.807, 2.05) is 0 Å². The lowest BCUT2D eigenvalue weighted by molar-refractivity contribution is -0.161. The summed E-state index contributed by atoms with van der Waals surface area (Å²) in [5, 5.41) is 4.72. The number of rotatable bonds is 17.